The monoisotopic (exact) mass is 264 g/mol. The van der Waals surface area contributed by atoms with E-state index in [1.54, 1.807) is 0 Å². The Kier molecular flexibility index (Phi) is 3.91. The van der Waals surface area contributed by atoms with E-state index >= 15 is 0 Å². The molecule has 0 aliphatic rings. The lowest BCUT2D eigenvalue weighted by molar-refractivity contribution is -0.149. The Hall–Kier alpha value is -2.53. The molecule has 0 aromatic heterocycles. The minimum Gasteiger partial charge on any atom is -0.437 e. The van der Waals surface area contributed by atoms with Crippen molar-refractivity contribution in [1.82, 2.24) is 0 Å². The van der Waals surface area contributed by atoms with Crippen molar-refractivity contribution < 1.29 is 9.53 Å². The molecule has 0 spiro atoms. The Labute approximate surface area is 119 Å². The van der Waals surface area contributed by atoms with Crippen LogP contribution in [-0.4, -0.2) is 5.97 Å². The van der Waals surface area contributed by atoms with Crippen molar-refractivity contribution in [2.45, 2.75) is 19.4 Å². The maximum Gasteiger partial charge on any atom is 0.304 e. The maximum atomic E-state index is 11.5. The second-order valence-corrected chi connectivity index (χ2v) is 4.65. The van der Waals surface area contributed by atoms with Crippen LogP contribution in [-0.2, 0) is 15.1 Å². The minimum atomic E-state index is -1.18. The number of ether oxygens (including phenoxy) is 1. The number of hydrogen-bond acceptors (Lipinski definition) is 2. The van der Waals surface area contributed by atoms with Crippen molar-refractivity contribution in [3.8, 4) is 12.3 Å². The Balaban J connectivity index is 2.63. The molecule has 20 heavy (non-hydrogen) atoms. The fourth-order valence-electron chi connectivity index (χ4n) is 2.16. The van der Waals surface area contributed by atoms with Crippen LogP contribution in [0.25, 0.3) is 0 Å². The number of esters is 1. The zero-order chi connectivity index (χ0) is 14.6. The lowest BCUT2D eigenvalue weighted by Crippen LogP contribution is -2.31. The lowest BCUT2D eigenvalue weighted by atomic mass is 9.86. The molecule has 0 fully saturated rings. The second kappa shape index (κ2) is 5.63. The molecule has 1 atom stereocenters. The zero-order valence-electron chi connectivity index (χ0n) is 11.6. The summed E-state index contributed by atoms with van der Waals surface area (Å²) in [6.07, 6.45) is 5.73. The van der Waals surface area contributed by atoms with Crippen molar-refractivity contribution in [3.63, 3.8) is 0 Å². The van der Waals surface area contributed by atoms with Gasteiger partial charge in [-0.2, -0.15) is 0 Å². The first-order valence-corrected chi connectivity index (χ1v) is 6.38. The first-order valence-electron chi connectivity index (χ1n) is 6.38. The summed E-state index contributed by atoms with van der Waals surface area (Å²) < 4.78 is 5.52. The van der Waals surface area contributed by atoms with Crippen LogP contribution >= 0.6 is 0 Å². The third-order valence-corrected chi connectivity index (χ3v) is 3.14. The minimum absolute atomic E-state index is 0.410. The average molecular weight is 264 g/mol. The average Bonchev–Trinajstić information content (AvgIpc) is 2.46. The van der Waals surface area contributed by atoms with Crippen molar-refractivity contribution >= 4 is 5.97 Å². The van der Waals surface area contributed by atoms with E-state index in [1.165, 1.54) is 6.92 Å². The maximum absolute atomic E-state index is 11.5. The fraction of sp³-hybridized carbons (Fsp3) is 0.167. The molecule has 0 aliphatic carbocycles. The largest absolute Gasteiger partial charge is 0.437 e. The lowest BCUT2D eigenvalue weighted by Gasteiger charge is -2.29. The number of hydrogen-bond donors (Lipinski definition) is 0. The van der Waals surface area contributed by atoms with Gasteiger partial charge >= 0.3 is 5.97 Å². The van der Waals surface area contributed by atoms with Crippen LogP contribution < -0.4 is 0 Å². The van der Waals surface area contributed by atoms with Gasteiger partial charge in [0.1, 0.15) is 0 Å². The Morgan fingerprint density at radius 3 is 2.10 bits per heavy atom. The highest BCUT2D eigenvalue weighted by Gasteiger charge is 2.35. The van der Waals surface area contributed by atoms with Crippen LogP contribution in [0.5, 0.6) is 0 Å². The van der Waals surface area contributed by atoms with Crippen LogP contribution in [0.4, 0.5) is 0 Å². The van der Waals surface area contributed by atoms with E-state index in [0.29, 0.717) is 0 Å². The zero-order valence-corrected chi connectivity index (χ0v) is 11.6. The molecule has 0 saturated heterocycles. The van der Waals surface area contributed by atoms with Gasteiger partial charge < -0.3 is 4.74 Å². The molecule has 2 aromatic rings. The van der Waals surface area contributed by atoms with Crippen LogP contribution in [0.3, 0.4) is 0 Å². The van der Waals surface area contributed by atoms with Gasteiger partial charge in [-0.25, -0.2) is 0 Å². The summed E-state index contributed by atoms with van der Waals surface area (Å²) in [7, 11) is 0. The molecule has 2 heteroatoms. The van der Waals surface area contributed by atoms with E-state index in [2.05, 4.69) is 5.92 Å². The first-order chi connectivity index (χ1) is 9.58. The molecule has 1 unspecified atom stereocenters. The number of terminal acetylenes is 1. The Morgan fingerprint density at radius 1 is 1.05 bits per heavy atom. The van der Waals surface area contributed by atoms with Crippen LogP contribution in [0.15, 0.2) is 54.6 Å². The Morgan fingerprint density at radius 2 is 1.60 bits per heavy atom. The Bertz CT molecular complexity index is 635. The molecule has 0 radical (unpaired) electrons. The van der Waals surface area contributed by atoms with Crippen LogP contribution in [0.2, 0.25) is 0 Å². The van der Waals surface area contributed by atoms with Crippen molar-refractivity contribution in [3.05, 3.63) is 71.3 Å². The van der Waals surface area contributed by atoms with Crippen molar-refractivity contribution in [2.24, 2.45) is 0 Å². The molecule has 2 nitrogen and oxygen atoms in total. The normalized spacial score (nSPS) is 13.1. The van der Waals surface area contributed by atoms with Gasteiger partial charge in [-0.05, 0) is 12.8 Å². The van der Waals surface area contributed by atoms with E-state index in [0.717, 1.165) is 16.7 Å². The predicted molar refractivity (Wildman–Crippen MR) is 79.0 cm³/mol. The van der Waals surface area contributed by atoms with Crippen LogP contribution in [0, 0.1) is 19.3 Å². The number of rotatable bonds is 3. The summed E-state index contributed by atoms with van der Waals surface area (Å²) in [5.41, 5.74) is 1.48. The van der Waals surface area contributed by atoms with Gasteiger partial charge in [-0.1, -0.05) is 60.2 Å². The van der Waals surface area contributed by atoms with Gasteiger partial charge in [0.25, 0.3) is 0 Å². The summed E-state index contributed by atoms with van der Waals surface area (Å²) in [5.74, 6) is 2.25. The summed E-state index contributed by atoms with van der Waals surface area (Å²) >= 11 is 0. The molecule has 0 amide bonds. The van der Waals surface area contributed by atoms with E-state index in [-0.39, 0.29) is 0 Å². The molecule has 100 valence electrons. The van der Waals surface area contributed by atoms with Crippen LogP contribution in [0.1, 0.15) is 23.6 Å². The second-order valence-electron chi connectivity index (χ2n) is 4.65. The number of aryl methyl sites for hydroxylation is 1. The summed E-state index contributed by atoms with van der Waals surface area (Å²) in [6, 6.07) is 17.1. The number of carbonyl (C=O) groups is 1. The molecular formula is C18H16O2. The smallest absolute Gasteiger partial charge is 0.304 e. The topological polar surface area (TPSA) is 26.3 Å². The third-order valence-electron chi connectivity index (χ3n) is 3.14. The highest BCUT2D eigenvalue weighted by atomic mass is 16.6. The number of benzene rings is 2. The van der Waals surface area contributed by atoms with Gasteiger partial charge in [-0.15, -0.1) is 6.42 Å². The highest BCUT2D eigenvalue weighted by Crippen LogP contribution is 2.33. The predicted octanol–water partition coefficient (Wildman–Crippen LogP) is 3.43. The quantitative estimate of drug-likeness (QED) is 0.627. The summed E-state index contributed by atoms with van der Waals surface area (Å²) in [4.78, 5) is 11.5. The molecule has 0 aliphatic heterocycles. The SMILES string of the molecule is C#CC(OC(C)=O)(c1ccccc1)c1ccc(C)cc1. The number of carbonyl (C=O) groups excluding carboxylic acids is 1. The summed E-state index contributed by atoms with van der Waals surface area (Å²) in [6.45, 7) is 3.36. The van der Waals surface area contributed by atoms with Crippen molar-refractivity contribution in [1.29, 1.82) is 0 Å². The van der Waals surface area contributed by atoms with Gasteiger partial charge in [-0.3, -0.25) is 4.79 Å². The van der Waals surface area contributed by atoms with E-state index in [1.807, 2.05) is 61.5 Å². The van der Waals surface area contributed by atoms with E-state index in [4.69, 9.17) is 11.2 Å². The summed E-state index contributed by atoms with van der Waals surface area (Å²) in [5, 5.41) is 0. The molecular weight excluding hydrogens is 248 g/mol. The van der Waals surface area contributed by atoms with Gasteiger partial charge in [0.05, 0.1) is 0 Å². The highest BCUT2D eigenvalue weighted by molar-refractivity contribution is 5.68. The standard InChI is InChI=1S/C18H16O2/c1-4-18(20-15(3)19,16-8-6-5-7-9-16)17-12-10-14(2)11-13-17/h1,5-13H,2-3H3. The molecule has 0 bridgehead atoms. The fourth-order valence-corrected chi connectivity index (χ4v) is 2.16. The molecule has 0 N–H and O–H groups in total. The van der Waals surface area contributed by atoms with Crippen molar-refractivity contribution in [2.75, 3.05) is 0 Å². The van der Waals surface area contributed by atoms with Gasteiger partial charge in [0.2, 0.25) is 5.60 Å². The molecule has 0 heterocycles. The van der Waals surface area contributed by atoms with E-state index < -0.39 is 11.6 Å². The van der Waals surface area contributed by atoms with Gasteiger partial charge in [0.15, 0.2) is 0 Å². The third kappa shape index (κ3) is 2.57. The molecule has 0 saturated carbocycles. The molecule has 2 aromatic carbocycles. The first kappa shape index (κ1) is 13.9. The molecule has 2 rings (SSSR count). The van der Waals surface area contributed by atoms with Gasteiger partial charge in [0, 0.05) is 18.1 Å². The van der Waals surface area contributed by atoms with E-state index in [9.17, 15) is 4.79 Å².